The molecule has 0 unspecified atom stereocenters. The van der Waals surface area contributed by atoms with Crippen LogP contribution in [0.1, 0.15) is 31.2 Å². The highest BCUT2D eigenvalue weighted by molar-refractivity contribution is 5.77. The molecule has 1 aromatic rings. The Kier molecular flexibility index (Phi) is 4.09. The third-order valence-corrected chi connectivity index (χ3v) is 6.42. The molecule has 4 atom stereocenters. The summed E-state index contributed by atoms with van der Waals surface area (Å²) in [7, 11) is 0. The summed E-state index contributed by atoms with van der Waals surface area (Å²) >= 11 is 0. The van der Waals surface area contributed by atoms with Crippen LogP contribution in [0, 0.1) is 23.1 Å². The van der Waals surface area contributed by atoms with Crippen LogP contribution in [0.5, 0.6) is 0 Å². The van der Waals surface area contributed by atoms with Crippen molar-refractivity contribution >= 4 is 5.91 Å². The maximum atomic E-state index is 13.0. The minimum Gasteiger partial charge on any atom is -0.377 e. The fraction of sp³-hybridized carbons (Fsp3) is 0.632. The van der Waals surface area contributed by atoms with Gasteiger partial charge in [0.25, 0.3) is 0 Å². The number of halogens is 1. The van der Waals surface area contributed by atoms with Gasteiger partial charge in [-0.05, 0) is 43.4 Å². The van der Waals surface area contributed by atoms with E-state index in [1.165, 1.54) is 31.4 Å². The number of rotatable bonds is 6. The molecule has 3 N–H and O–H groups in total. The molecular weight excluding hydrogens is 307 g/mol. The van der Waals surface area contributed by atoms with Crippen molar-refractivity contribution in [2.45, 2.75) is 44.2 Å². The van der Waals surface area contributed by atoms with Crippen LogP contribution >= 0.6 is 0 Å². The summed E-state index contributed by atoms with van der Waals surface area (Å²) < 4.78 is 19.0. The van der Waals surface area contributed by atoms with E-state index in [0.29, 0.717) is 36.4 Å². The van der Waals surface area contributed by atoms with Crippen LogP contribution in [-0.2, 0) is 16.0 Å². The van der Waals surface area contributed by atoms with E-state index >= 15 is 0 Å². The van der Waals surface area contributed by atoms with Crippen LogP contribution < -0.4 is 11.1 Å². The lowest BCUT2D eigenvalue weighted by atomic mass is 9.46. The first-order chi connectivity index (χ1) is 11.6. The van der Waals surface area contributed by atoms with Gasteiger partial charge in [-0.1, -0.05) is 18.6 Å². The molecule has 1 spiro atoms. The SMILES string of the molecule is NC(=O)[C@H](CN[C@@H]1[C@H]2CCO[C@@H]2C12CCC2)Cc1ccc(F)cc1. The van der Waals surface area contributed by atoms with E-state index in [9.17, 15) is 9.18 Å². The molecule has 5 heteroatoms. The number of primary amides is 1. The number of carbonyl (C=O) groups is 1. The molecule has 2 aliphatic carbocycles. The van der Waals surface area contributed by atoms with Gasteiger partial charge >= 0.3 is 0 Å². The topological polar surface area (TPSA) is 64.4 Å². The number of nitrogens with two attached hydrogens (primary N) is 1. The number of hydrogen-bond acceptors (Lipinski definition) is 3. The van der Waals surface area contributed by atoms with Crippen molar-refractivity contribution in [1.82, 2.24) is 5.32 Å². The predicted octanol–water partition coefficient (Wildman–Crippen LogP) is 2.02. The minimum absolute atomic E-state index is 0.263. The van der Waals surface area contributed by atoms with Crippen LogP contribution in [0.15, 0.2) is 24.3 Å². The Morgan fingerprint density at radius 3 is 2.75 bits per heavy atom. The smallest absolute Gasteiger partial charge is 0.222 e. The van der Waals surface area contributed by atoms with Crippen molar-refractivity contribution in [1.29, 1.82) is 0 Å². The first kappa shape index (κ1) is 16.0. The summed E-state index contributed by atoms with van der Waals surface area (Å²) in [6.07, 6.45) is 5.82. The van der Waals surface area contributed by atoms with E-state index in [2.05, 4.69) is 5.32 Å². The molecule has 1 heterocycles. The van der Waals surface area contributed by atoms with Gasteiger partial charge in [0.05, 0.1) is 12.0 Å². The molecule has 3 aliphatic rings. The Hall–Kier alpha value is -1.46. The molecule has 0 aromatic heterocycles. The first-order valence-corrected chi connectivity index (χ1v) is 8.99. The fourth-order valence-electron chi connectivity index (χ4n) is 5.01. The third-order valence-electron chi connectivity index (χ3n) is 6.42. The van der Waals surface area contributed by atoms with Gasteiger partial charge in [0.1, 0.15) is 5.82 Å². The minimum atomic E-state index is -0.298. The molecule has 0 bridgehead atoms. The molecule has 1 aliphatic heterocycles. The molecule has 24 heavy (non-hydrogen) atoms. The largest absolute Gasteiger partial charge is 0.377 e. The Morgan fingerprint density at radius 2 is 2.12 bits per heavy atom. The van der Waals surface area contributed by atoms with Crippen molar-refractivity contribution in [3.8, 4) is 0 Å². The molecular formula is C19H25FN2O2. The van der Waals surface area contributed by atoms with Gasteiger partial charge in [-0.2, -0.15) is 0 Å². The van der Waals surface area contributed by atoms with E-state index < -0.39 is 0 Å². The molecule has 4 nitrogen and oxygen atoms in total. The van der Waals surface area contributed by atoms with Gasteiger partial charge in [0.2, 0.25) is 5.91 Å². The number of amides is 1. The average molecular weight is 332 g/mol. The number of carbonyl (C=O) groups excluding carboxylic acids is 1. The second kappa shape index (κ2) is 6.12. The predicted molar refractivity (Wildman–Crippen MR) is 88.7 cm³/mol. The zero-order valence-electron chi connectivity index (χ0n) is 13.8. The normalized spacial score (nSPS) is 31.1. The fourth-order valence-corrected chi connectivity index (χ4v) is 5.01. The Balaban J connectivity index is 1.39. The Morgan fingerprint density at radius 1 is 1.38 bits per heavy atom. The number of benzene rings is 1. The van der Waals surface area contributed by atoms with Gasteiger partial charge in [-0.3, -0.25) is 4.79 Å². The highest BCUT2D eigenvalue weighted by Gasteiger charge is 2.66. The van der Waals surface area contributed by atoms with Gasteiger partial charge in [-0.25, -0.2) is 4.39 Å². The first-order valence-electron chi connectivity index (χ1n) is 8.99. The van der Waals surface area contributed by atoms with Crippen molar-refractivity contribution < 1.29 is 13.9 Å². The van der Waals surface area contributed by atoms with Crippen molar-refractivity contribution in [3.05, 3.63) is 35.6 Å². The zero-order chi connectivity index (χ0) is 16.7. The molecule has 130 valence electrons. The summed E-state index contributed by atoms with van der Waals surface area (Å²) in [5.41, 5.74) is 6.85. The summed E-state index contributed by atoms with van der Waals surface area (Å²) in [6, 6.07) is 6.76. The lowest BCUT2D eigenvalue weighted by Gasteiger charge is -2.63. The van der Waals surface area contributed by atoms with Gasteiger partial charge in [-0.15, -0.1) is 0 Å². The molecule has 3 fully saturated rings. The van der Waals surface area contributed by atoms with Crippen molar-refractivity contribution in [2.75, 3.05) is 13.2 Å². The molecule has 2 saturated carbocycles. The zero-order valence-corrected chi connectivity index (χ0v) is 13.8. The van der Waals surface area contributed by atoms with E-state index in [1.54, 1.807) is 12.1 Å². The van der Waals surface area contributed by atoms with Crippen LogP contribution in [0.4, 0.5) is 4.39 Å². The van der Waals surface area contributed by atoms with E-state index in [1.807, 2.05) is 0 Å². The quantitative estimate of drug-likeness (QED) is 0.838. The molecule has 1 saturated heterocycles. The summed E-state index contributed by atoms with van der Waals surface area (Å²) in [5.74, 6) is -0.243. The van der Waals surface area contributed by atoms with Crippen LogP contribution in [-0.4, -0.2) is 31.2 Å². The highest BCUT2D eigenvalue weighted by Crippen LogP contribution is 2.62. The van der Waals surface area contributed by atoms with E-state index in [-0.39, 0.29) is 17.6 Å². The van der Waals surface area contributed by atoms with E-state index in [0.717, 1.165) is 18.6 Å². The lowest BCUT2D eigenvalue weighted by molar-refractivity contribution is -0.176. The van der Waals surface area contributed by atoms with Gasteiger partial charge in [0.15, 0.2) is 0 Å². The third kappa shape index (κ3) is 2.54. The lowest BCUT2D eigenvalue weighted by Crippen LogP contribution is -2.71. The Bertz CT molecular complexity index is 614. The highest BCUT2D eigenvalue weighted by atomic mass is 19.1. The van der Waals surface area contributed by atoms with Gasteiger partial charge in [0, 0.05) is 30.5 Å². The summed E-state index contributed by atoms with van der Waals surface area (Å²) in [4.78, 5) is 11.8. The molecule has 0 radical (unpaired) electrons. The standard InChI is InChI=1S/C19H25FN2O2/c20-14-4-2-12(3-5-14)10-13(18(21)23)11-22-16-15-6-9-24-17(15)19(16)7-1-8-19/h2-5,13,15-17,22H,1,6-11H2,(H2,21,23)/t13-,15+,16+,17-/m0/s1. The Labute approximate surface area is 141 Å². The number of hydrogen-bond donors (Lipinski definition) is 2. The molecule has 4 rings (SSSR count). The maximum absolute atomic E-state index is 13.0. The average Bonchev–Trinajstić information content (AvgIpc) is 2.92. The van der Waals surface area contributed by atoms with Crippen LogP contribution in [0.2, 0.25) is 0 Å². The second-order valence-corrected chi connectivity index (χ2v) is 7.65. The van der Waals surface area contributed by atoms with Crippen molar-refractivity contribution in [2.24, 2.45) is 23.0 Å². The van der Waals surface area contributed by atoms with Crippen LogP contribution in [0.3, 0.4) is 0 Å². The molecule has 1 amide bonds. The second-order valence-electron chi connectivity index (χ2n) is 7.65. The molecule has 1 aromatic carbocycles. The van der Waals surface area contributed by atoms with Crippen molar-refractivity contribution in [3.63, 3.8) is 0 Å². The number of nitrogens with one attached hydrogen (secondary N) is 1. The van der Waals surface area contributed by atoms with E-state index in [4.69, 9.17) is 10.5 Å². The van der Waals surface area contributed by atoms with Crippen LogP contribution in [0.25, 0.3) is 0 Å². The maximum Gasteiger partial charge on any atom is 0.222 e. The monoisotopic (exact) mass is 332 g/mol. The van der Waals surface area contributed by atoms with Gasteiger partial charge < -0.3 is 15.8 Å². The number of fused-ring (bicyclic) bond motifs is 2. The summed E-state index contributed by atoms with van der Waals surface area (Å²) in [5, 5.41) is 3.64. The number of ether oxygens (including phenoxy) is 1. The summed E-state index contributed by atoms with van der Waals surface area (Å²) in [6.45, 7) is 1.45.